The van der Waals surface area contributed by atoms with E-state index in [2.05, 4.69) is 21.9 Å². The maximum absolute atomic E-state index is 11.6. The Bertz CT molecular complexity index is 367. The number of ether oxygens (including phenoxy) is 2. The summed E-state index contributed by atoms with van der Waals surface area (Å²) in [4.78, 5) is 17.5. The van der Waals surface area contributed by atoms with Crippen molar-refractivity contribution < 1.29 is 14.3 Å². The summed E-state index contributed by atoms with van der Waals surface area (Å²) in [6.07, 6.45) is 4.19. The molecule has 1 aliphatic heterocycles. The summed E-state index contributed by atoms with van der Waals surface area (Å²) in [6, 6.07) is 0. The number of carbonyl (C=O) groups excluding carboxylic acids is 1. The molecule has 9 heteroatoms. The summed E-state index contributed by atoms with van der Waals surface area (Å²) < 4.78 is 11.0. The average Bonchev–Trinajstić information content (AvgIpc) is 3.04. The van der Waals surface area contributed by atoms with Gasteiger partial charge in [0.2, 0.25) is 5.91 Å². The van der Waals surface area contributed by atoms with Crippen molar-refractivity contribution in [3.8, 4) is 0 Å². The first-order valence-electron chi connectivity index (χ1n) is 8.04. The highest BCUT2D eigenvalue weighted by molar-refractivity contribution is 14.0. The molecular weight excluding hydrogens is 443 g/mol. The standard InChI is InChI=1S/C15H30N4O3S.HI/c1-19(2)14(20)11-18-15(17-7-10-23-3)16-6-4-8-22-13-5-9-21-12-13;/h13H,4-12H2,1-3H3,(H2,16,17,18);1H. The summed E-state index contributed by atoms with van der Waals surface area (Å²) >= 11 is 1.77. The van der Waals surface area contributed by atoms with Gasteiger partial charge in [0.25, 0.3) is 0 Å². The number of rotatable bonds is 10. The zero-order valence-electron chi connectivity index (χ0n) is 14.9. The van der Waals surface area contributed by atoms with Crippen molar-refractivity contribution in [2.45, 2.75) is 18.9 Å². The average molecular weight is 474 g/mol. The summed E-state index contributed by atoms with van der Waals surface area (Å²) in [5.74, 6) is 1.66. The Kier molecular flexibility index (Phi) is 14.9. The molecule has 2 N–H and O–H groups in total. The Morgan fingerprint density at radius 1 is 1.38 bits per heavy atom. The van der Waals surface area contributed by atoms with Crippen molar-refractivity contribution in [3.63, 3.8) is 0 Å². The first-order valence-corrected chi connectivity index (χ1v) is 9.43. The molecule has 0 radical (unpaired) electrons. The summed E-state index contributed by atoms with van der Waals surface area (Å²) in [5.41, 5.74) is 0. The van der Waals surface area contributed by atoms with E-state index in [0.29, 0.717) is 19.2 Å². The minimum absolute atomic E-state index is 0. The number of likely N-dealkylation sites (N-methyl/N-ethyl adjacent to an activating group) is 1. The van der Waals surface area contributed by atoms with Gasteiger partial charge in [-0.15, -0.1) is 24.0 Å². The fraction of sp³-hybridized carbons (Fsp3) is 0.867. The van der Waals surface area contributed by atoms with Crippen LogP contribution in [0.3, 0.4) is 0 Å². The van der Waals surface area contributed by atoms with Gasteiger partial charge in [-0.2, -0.15) is 11.8 Å². The van der Waals surface area contributed by atoms with Crippen molar-refractivity contribution in [3.05, 3.63) is 0 Å². The molecule has 1 atom stereocenters. The highest BCUT2D eigenvalue weighted by atomic mass is 127. The number of amides is 1. The summed E-state index contributed by atoms with van der Waals surface area (Å²) in [6.45, 7) is 3.95. The van der Waals surface area contributed by atoms with Gasteiger partial charge < -0.3 is 25.0 Å². The predicted molar refractivity (Wildman–Crippen MR) is 111 cm³/mol. The number of halogens is 1. The van der Waals surface area contributed by atoms with Crippen LogP contribution in [0.25, 0.3) is 0 Å². The number of nitrogens with one attached hydrogen (secondary N) is 2. The molecule has 0 aromatic heterocycles. The third-order valence-corrected chi connectivity index (χ3v) is 3.94. The van der Waals surface area contributed by atoms with E-state index in [1.54, 1.807) is 30.8 Å². The Labute approximate surface area is 166 Å². The lowest BCUT2D eigenvalue weighted by Gasteiger charge is -2.14. The third kappa shape index (κ3) is 11.3. The highest BCUT2D eigenvalue weighted by Crippen LogP contribution is 2.07. The molecule has 0 saturated carbocycles. The Balaban J connectivity index is 0.00000529. The summed E-state index contributed by atoms with van der Waals surface area (Å²) in [5, 5.41) is 6.48. The van der Waals surface area contributed by atoms with Crippen LogP contribution in [0.1, 0.15) is 12.8 Å². The van der Waals surface area contributed by atoms with E-state index in [1.165, 1.54) is 0 Å². The van der Waals surface area contributed by atoms with Gasteiger partial charge in [-0.25, -0.2) is 4.99 Å². The van der Waals surface area contributed by atoms with Crippen molar-refractivity contribution in [2.75, 3.05) is 65.6 Å². The van der Waals surface area contributed by atoms with Crippen molar-refractivity contribution in [2.24, 2.45) is 4.99 Å². The molecule has 0 aromatic rings. The molecule has 1 fully saturated rings. The minimum atomic E-state index is -0.0134. The Morgan fingerprint density at radius 3 is 2.75 bits per heavy atom. The highest BCUT2D eigenvalue weighted by Gasteiger charge is 2.15. The lowest BCUT2D eigenvalue weighted by molar-refractivity contribution is -0.127. The van der Waals surface area contributed by atoms with Crippen LogP contribution in [-0.4, -0.2) is 88.4 Å². The second-order valence-electron chi connectivity index (χ2n) is 5.51. The molecular formula is C15H31IN4O3S. The molecule has 0 aliphatic carbocycles. The molecule has 0 spiro atoms. The zero-order chi connectivity index (χ0) is 16.9. The van der Waals surface area contributed by atoms with Gasteiger partial charge >= 0.3 is 0 Å². The van der Waals surface area contributed by atoms with Gasteiger partial charge in [0.1, 0.15) is 6.54 Å². The van der Waals surface area contributed by atoms with Crippen molar-refractivity contribution >= 4 is 47.6 Å². The van der Waals surface area contributed by atoms with E-state index < -0.39 is 0 Å². The third-order valence-electron chi connectivity index (χ3n) is 3.32. The van der Waals surface area contributed by atoms with Gasteiger partial charge in [-0.1, -0.05) is 0 Å². The minimum Gasteiger partial charge on any atom is -0.379 e. The number of nitrogens with zero attached hydrogens (tertiary/aromatic N) is 2. The van der Waals surface area contributed by atoms with Crippen LogP contribution in [0, 0.1) is 0 Å². The van der Waals surface area contributed by atoms with E-state index in [9.17, 15) is 4.79 Å². The topological polar surface area (TPSA) is 75.2 Å². The van der Waals surface area contributed by atoms with Gasteiger partial charge in [0, 0.05) is 46.2 Å². The number of thioether (sulfide) groups is 1. The van der Waals surface area contributed by atoms with Crippen LogP contribution in [-0.2, 0) is 14.3 Å². The van der Waals surface area contributed by atoms with E-state index in [1.807, 2.05) is 0 Å². The van der Waals surface area contributed by atoms with Crippen LogP contribution in [0.2, 0.25) is 0 Å². The predicted octanol–water partition coefficient (Wildman–Crippen LogP) is 0.786. The van der Waals surface area contributed by atoms with E-state index in [4.69, 9.17) is 9.47 Å². The number of aliphatic imine (C=N–C) groups is 1. The van der Waals surface area contributed by atoms with Crippen LogP contribution >= 0.6 is 35.7 Å². The maximum Gasteiger partial charge on any atom is 0.243 e. The number of hydrogen-bond acceptors (Lipinski definition) is 5. The van der Waals surface area contributed by atoms with E-state index in [-0.39, 0.29) is 42.5 Å². The second kappa shape index (κ2) is 15.0. The molecule has 1 unspecified atom stereocenters. The van der Waals surface area contributed by atoms with Crippen LogP contribution < -0.4 is 10.6 Å². The fourth-order valence-electron chi connectivity index (χ4n) is 1.91. The molecule has 1 aliphatic rings. The summed E-state index contributed by atoms with van der Waals surface area (Å²) in [7, 11) is 3.46. The lowest BCUT2D eigenvalue weighted by Crippen LogP contribution is -2.40. The second-order valence-corrected chi connectivity index (χ2v) is 6.49. The number of carbonyl (C=O) groups is 1. The molecule has 1 rings (SSSR count). The lowest BCUT2D eigenvalue weighted by atomic mass is 10.3. The van der Waals surface area contributed by atoms with E-state index >= 15 is 0 Å². The van der Waals surface area contributed by atoms with Gasteiger partial charge in [0.05, 0.1) is 12.7 Å². The SMILES string of the molecule is CSCCNC(=NCC(=O)N(C)C)NCCCOC1CCOC1.I. The molecule has 1 amide bonds. The van der Waals surface area contributed by atoms with E-state index in [0.717, 1.165) is 38.3 Å². The first-order chi connectivity index (χ1) is 11.1. The molecule has 0 aromatic carbocycles. The largest absolute Gasteiger partial charge is 0.379 e. The smallest absolute Gasteiger partial charge is 0.243 e. The number of hydrogen-bond donors (Lipinski definition) is 2. The van der Waals surface area contributed by atoms with Crippen molar-refractivity contribution in [1.82, 2.24) is 15.5 Å². The number of guanidine groups is 1. The monoisotopic (exact) mass is 474 g/mol. The maximum atomic E-state index is 11.6. The van der Waals surface area contributed by atoms with Gasteiger partial charge in [-0.3, -0.25) is 4.79 Å². The molecule has 1 saturated heterocycles. The fourth-order valence-corrected chi connectivity index (χ4v) is 2.21. The Hall–Kier alpha value is -0.260. The molecule has 7 nitrogen and oxygen atoms in total. The van der Waals surface area contributed by atoms with Crippen LogP contribution in [0.4, 0.5) is 0 Å². The zero-order valence-corrected chi connectivity index (χ0v) is 18.0. The van der Waals surface area contributed by atoms with Gasteiger partial charge in [-0.05, 0) is 19.1 Å². The normalized spacial score (nSPS) is 17.3. The Morgan fingerprint density at radius 2 is 2.12 bits per heavy atom. The van der Waals surface area contributed by atoms with Gasteiger partial charge in [0.15, 0.2) is 5.96 Å². The molecule has 1 heterocycles. The van der Waals surface area contributed by atoms with Crippen LogP contribution in [0.15, 0.2) is 4.99 Å². The van der Waals surface area contributed by atoms with Crippen LogP contribution in [0.5, 0.6) is 0 Å². The van der Waals surface area contributed by atoms with Crippen molar-refractivity contribution in [1.29, 1.82) is 0 Å². The quantitative estimate of drug-likeness (QED) is 0.211. The molecule has 24 heavy (non-hydrogen) atoms. The first kappa shape index (κ1) is 23.7. The molecule has 0 bridgehead atoms. The molecule has 142 valence electrons.